The predicted octanol–water partition coefficient (Wildman–Crippen LogP) is 5.60. The second-order valence-electron chi connectivity index (χ2n) is 7.48. The summed E-state index contributed by atoms with van der Waals surface area (Å²) in [6.45, 7) is 4.61. The molecule has 32 heavy (non-hydrogen) atoms. The Bertz CT molecular complexity index is 1190. The molecule has 7 heteroatoms. The van der Waals surface area contributed by atoms with Gasteiger partial charge in [-0.1, -0.05) is 18.2 Å². The number of carbonyl (C=O) groups is 1. The van der Waals surface area contributed by atoms with Crippen molar-refractivity contribution in [2.24, 2.45) is 0 Å². The highest BCUT2D eigenvalue weighted by Gasteiger charge is 2.13. The molecular formula is C25H24N4O2S. The van der Waals surface area contributed by atoms with Gasteiger partial charge in [-0.25, -0.2) is 4.98 Å². The zero-order chi connectivity index (χ0) is 22.3. The van der Waals surface area contributed by atoms with Gasteiger partial charge in [0, 0.05) is 30.5 Å². The van der Waals surface area contributed by atoms with Crippen LogP contribution < -0.4 is 10.1 Å². The Morgan fingerprint density at radius 1 is 1.12 bits per heavy atom. The molecule has 1 aromatic carbocycles. The Morgan fingerprint density at radius 3 is 2.66 bits per heavy atom. The lowest BCUT2D eigenvalue weighted by Crippen LogP contribution is -2.17. The summed E-state index contributed by atoms with van der Waals surface area (Å²) in [4.78, 5) is 21.3. The summed E-state index contributed by atoms with van der Waals surface area (Å²) in [7, 11) is 0. The van der Waals surface area contributed by atoms with Gasteiger partial charge in [-0.05, 0) is 67.4 Å². The molecular weight excluding hydrogens is 420 g/mol. The van der Waals surface area contributed by atoms with Crippen molar-refractivity contribution in [1.82, 2.24) is 14.5 Å². The molecule has 0 aliphatic rings. The molecule has 0 unspecified atom stereocenters. The molecule has 3 aromatic heterocycles. The van der Waals surface area contributed by atoms with Crippen molar-refractivity contribution in [3.8, 4) is 5.75 Å². The Kier molecular flexibility index (Phi) is 6.77. The van der Waals surface area contributed by atoms with E-state index in [4.69, 9.17) is 4.74 Å². The van der Waals surface area contributed by atoms with Gasteiger partial charge in [-0.15, -0.1) is 11.3 Å². The molecule has 0 fully saturated rings. The molecule has 4 aromatic rings. The minimum atomic E-state index is -0.185. The van der Waals surface area contributed by atoms with Crippen LogP contribution in [0.25, 0.3) is 12.2 Å². The van der Waals surface area contributed by atoms with Crippen LogP contribution in [0.2, 0.25) is 0 Å². The van der Waals surface area contributed by atoms with E-state index in [9.17, 15) is 4.79 Å². The third-order valence-electron chi connectivity index (χ3n) is 4.61. The fourth-order valence-electron chi connectivity index (χ4n) is 3.14. The first kappa shape index (κ1) is 21.5. The van der Waals surface area contributed by atoms with E-state index in [-0.39, 0.29) is 12.0 Å². The lowest BCUT2D eigenvalue weighted by molar-refractivity contribution is 0.101. The van der Waals surface area contributed by atoms with E-state index in [0.717, 1.165) is 22.6 Å². The fraction of sp³-hybridized carbons (Fsp3) is 0.160. The molecule has 0 spiro atoms. The third kappa shape index (κ3) is 5.70. The molecule has 0 atom stereocenters. The van der Waals surface area contributed by atoms with Crippen molar-refractivity contribution in [2.75, 3.05) is 5.32 Å². The van der Waals surface area contributed by atoms with Crippen molar-refractivity contribution >= 4 is 34.5 Å². The number of thiazole rings is 1. The van der Waals surface area contributed by atoms with Crippen LogP contribution in [0.3, 0.4) is 0 Å². The van der Waals surface area contributed by atoms with Crippen molar-refractivity contribution in [1.29, 1.82) is 0 Å². The largest absolute Gasteiger partial charge is 0.491 e. The quantitative estimate of drug-likeness (QED) is 0.384. The maximum absolute atomic E-state index is 12.8. The standard InChI is InChI=1S/C25H24N4O2S/c1-18(2)31-22-9-6-19(7-10-22)5-8-21-17-32-25(27-21)28-24(30)23-4-3-15-29(23)16-20-11-13-26-14-12-20/h3-15,17-18H,16H2,1-2H3,(H,27,28,30)/b8-5+. The number of nitrogens with one attached hydrogen (secondary N) is 1. The van der Waals surface area contributed by atoms with Gasteiger partial charge in [0.1, 0.15) is 11.4 Å². The average molecular weight is 445 g/mol. The zero-order valence-corrected chi connectivity index (χ0v) is 18.8. The number of aromatic nitrogens is 3. The average Bonchev–Trinajstić information content (AvgIpc) is 3.43. The number of benzene rings is 1. The predicted molar refractivity (Wildman–Crippen MR) is 129 cm³/mol. The second kappa shape index (κ2) is 10.1. The van der Waals surface area contributed by atoms with Crippen LogP contribution in [0, 0.1) is 0 Å². The molecule has 0 bridgehead atoms. The van der Waals surface area contributed by atoms with Crippen molar-refractivity contribution in [3.05, 3.63) is 95.0 Å². The highest BCUT2D eigenvalue weighted by Crippen LogP contribution is 2.20. The summed E-state index contributed by atoms with van der Waals surface area (Å²) in [5, 5.41) is 5.38. The lowest BCUT2D eigenvalue weighted by atomic mass is 10.2. The molecule has 0 radical (unpaired) electrons. The fourth-order valence-corrected chi connectivity index (χ4v) is 3.81. The Hall–Kier alpha value is -3.71. The first-order valence-electron chi connectivity index (χ1n) is 10.3. The van der Waals surface area contributed by atoms with Crippen LogP contribution in [0.15, 0.2) is 72.5 Å². The molecule has 4 rings (SSSR count). The molecule has 0 saturated heterocycles. The Labute approximate surface area is 191 Å². The van der Waals surface area contributed by atoms with Crippen LogP contribution in [0.1, 0.15) is 41.2 Å². The van der Waals surface area contributed by atoms with Gasteiger partial charge in [0.05, 0.1) is 11.8 Å². The number of rotatable bonds is 8. The molecule has 0 aliphatic heterocycles. The number of hydrogen-bond acceptors (Lipinski definition) is 5. The minimum absolute atomic E-state index is 0.151. The summed E-state index contributed by atoms with van der Waals surface area (Å²) >= 11 is 1.40. The lowest BCUT2D eigenvalue weighted by Gasteiger charge is -2.09. The zero-order valence-electron chi connectivity index (χ0n) is 17.9. The SMILES string of the molecule is CC(C)Oc1ccc(/C=C/c2csc(NC(=O)c3cccn3Cc3ccncc3)n2)cc1. The normalized spacial score (nSPS) is 11.2. The number of nitrogens with zero attached hydrogens (tertiary/aromatic N) is 3. The van der Waals surface area contributed by atoms with Gasteiger partial charge in [0.25, 0.3) is 5.91 Å². The van der Waals surface area contributed by atoms with Gasteiger partial charge in [-0.3, -0.25) is 15.1 Å². The first-order chi connectivity index (χ1) is 15.6. The molecule has 162 valence electrons. The van der Waals surface area contributed by atoms with Crippen LogP contribution in [-0.2, 0) is 6.54 Å². The highest BCUT2D eigenvalue weighted by molar-refractivity contribution is 7.14. The van der Waals surface area contributed by atoms with Crippen molar-refractivity contribution in [3.63, 3.8) is 0 Å². The van der Waals surface area contributed by atoms with E-state index in [1.54, 1.807) is 18.5 Å². The molecule has 0 aliphatic carbocycles. The van der Waals surface area contributed by atoms with E-state index in [0.29, 0.717) is 17.4 Å². The van der Waals surface area contributed by atoms with Gasteiger partial charge >= 0.3 is 0 Å². The number of ether oxygens (including phenoxy) is 1. The van der Waals surface area contributed by atoms with Gasteiger partial charge < -0.3 is 9.30 Å². The number of amides is 1. The van der Waals surface area contributed by atoms with E-state index < -0.39 is 0 Å². The van der Waals surface area contributed by atoms with E-state index in [1.807, 2.05) is 84.6 Å². The molecule has 1 amide bonds. The summed E-state index contributed by atoms with van der Waals surface area (Å²) in [6, 6.07) is 15.4. The summed E-state index contributed by atoms with van der Waals surface area (Å²) in [5.74, 6) is 0.666. The second-order valence-corrected chi connectivity index (χ2v) is 8.34. The van der Waals surface area contributed by atoms with Gasteiger partial charge in [0.15, 0.2) is 5.13 Å². The van der Waals surface area contributed by atoms with Crippen molar-refractivity contribution in [2.45, 2.75) is 26.5 Å². The maximum atomic E-state index is 12.8. The van der Waals surface area contributed by atoms with E-state index >= 15 is 0 Å². The number of carbonyl (C=O) groups excluding carboxylic acids is 1. The highest BCUT2D eigenvalue weighted by atomic mass is 32.1. The Morgan fingerprint density at radius 2 is 1.91 bits per heavy atom. The van der Waals surface area contributed by atoms with Crippen LogP contribution >= 0.6 is 11.3 Å². The molecule has 1 N–H and O–H groups in total. The summed E-state index contributed by atoms with van der Waals surface area (Å²) in [6.07, 6.45) is 9.45. The first-order valence-corrected chi connectivity index (χ1v) is 11.2. The van der Waals surface area contributed by atoms with Crippen LogP contribution in [0.4, 0.5) is 5.13 Å². The maximum Gasteiger partial charge on any atom is 0.274 e. The minimum Gasteiger partial charge on any atom is -0.491 e. The summed E-state index contributed by atoms with van der Waals surface area (Å²) < 4.78 is 7.57. The van der Waals surface area contributed by atoms with Crippen molar-refractivity contribution < 1.29 is 9.53 Å². The smallest absolute Gasteiger partial charge is 0.274 e. The molecule has 3 heterocycles. The van der Waals surface area contributed by atoms with Gasteiger partial charge in [-0.2, -0.15) is 0 Å². The van der Waals surface area contributed by atoms with E-state index in [1.165, 1.54) is 11.3 Å². The van der Waals surface area contributed by atoms with Gasteiger partial charge in [0.2, 0.25) is 0 Å². The molecule has 6 nitrogen and oxygen atoms in total. The topological polar surface area (TPSA) is 69.0 Å². The Balaban J connectivity index is 1.38. The molecule has 0 saturated carbocycles. The van der Waals surface area contributed by atoms with Crippen LogP contribution in [0.5, 0.6) is 5.75 Å². The van der Waals surface area contributed by atoms with E-state index in [2.05, 4.69) is 15.3 Å². The third-order valence-corrected chi connectivity index (χ3v) is 5.38. The monoisotopic (exact) mass is 444 g/mol. The summed E-state index contributed by atoms with van der Waals surface area (Å²) in [5.41, 5.74) is 3.50. The number of anilines is 1. The van der Waals surface area contributed by atoms with Crippen LogP contribution in [-0.4, -0.2) is 26.5 Å². The number of hydrogen-bond donors (Lipinski definition) is 1. The number of pyridine rings is 1.